The predicted molar refractivity (Wildman–Crippen MR) is 143 cm³/mol. The Kier molecular flexibility index (Phi) is 10.9. The van der Waals surface area contributed by atoms with Crippen LogP contribution >= 0.6 is 0 Å². The molecule has 2 aromatic rings. The van der Waals surface area contributed by atoms with Crippen LogP contribution in [0.4, 0.5) is 22.0 Å². The summed E-state index contributed by atoms with van der Waals surface area (Å²) >= 11 is 0. The van der Waals surface area contributed by atoms with Gasteiger partial charge >= 0.3 is 5.97 Å². The molecule has 0 bridgehead atoms. The highest BCUT2D eigenvalue weighted by Crippen LogP contribution is 2.26. The molecule has 2 aromatic carbocycles. The van der Waals surface area contributed by atoms with Gasteiger partial charge in [0.25, 0.3) is 5.91 Å². The van der Waals surface area contributed by atoms with Crippen LogP contribution in [-0.4, -0.2) is 64.2 Å². The van der Waals surface area contributed by atoms with Crippen LogP contribution in [0, 0.1) is 40.9 Å². The van der Waals surface area contributed by atoms with E-state index in [9.17, 15) is 51.3 Å². The first kappa shape index (κ1) is 34.2. The van der Waals surface area contributed by atoms with Gasteiger partial charge in [-0.2, -0.15) is 0 Å². The Morgan fingerprint density at radius 2 is 1.52 bits per heavy atom. The summed E-state index contributed by atoms with van der Waals surface area (Å²) in [5.74, 6) is -18.0. The maximum atomic E-state index is 14.6. The van der Waals surface area contributed by atoms with E-state index < -0.39 is 113 Å². The predicted octanol–water partition coefficient (Wildman–Crippen LogP) is 2.39. The minimum Gasteiger partial charge on any atom is -0.507 e. The third kappa shape index (κ3) is 7.09. The van der Waals surface area contributed by atoms with E-state index in [1.165, 1.54) is 31.2 Å². The Morgan fingerprint density at radius 3 is 2.09 bits per heavy atom. The zero-order valence-corrected chi connectivity index (χ0v) is 24.1. The minimum absolute atomic E-state index is 0.277. The Bertz CT molecular complexity index is 1410. The van der Waals surface area contributed by atoms with Crippen molar-refractivity contribution in [1.82, 2.24) is 16.0 Å². The van der Waals surface area contributed by atoms with Crippen molar-refractivity contribution in [2.75, 3.05) is 0 Å². The lowest BCUT2D eigenvalue weighted by atomic mass is 9.90. The number of aliphatic hydroxyl groups is 1. The SMILES string of the molecule is CCC(C)C1NC(=O)[C@H](C)[C@H](O)[C@H](Cc2c(F)c(F)c(F)c(F)c2F)NC(=O)[C@@H](NC(=O)c2ccccc2O)[C@@H](C)OC1=O. The van der Waals surface area contributed by atoms with Gasteiger partial charge in [0.05, 0.1) is 23.6 Å². The maximum absolute atomic E-state index is 14.6. The van der Waals surface area contributed by atoms with Gasteiger partial charge < -0.3 is 30.9 Å². The summed E-state index contributed by atoms with van der Waals surface area (Å²) in [4.78, 5) is 52.8. The third-order valence-corrected chi connectivity index (χ3v) is 7.64. The van der Waals surface area contributed by atoms with E-state index in [2.05, 4.69) is 16.0 Å². The van der Waals surface area contributed by atoms with Gasteiger partial charge in [-0.15, -0.1) is 0 Å². The number of nitrogens with one attached hydrogen (secondary N) is 3. The highest BCUT2D eigenvalue weighted by molar-refractivity contribution is 6.00. The molecule has 1 aliphatic heterocycles. The largest absolute Gasteiger partial charge is 0.507 e. The smallest absolute Gasteiger partial charge is 0.329 e. The molecule has 0 radical (unpaired) electrons. The lowest BCUT2D eigenvalue weighted by molar-refractivity contribution is -0.157. The summed E-state index contributed by atoms with van der Waals surface area (Å²) in [6, 6.07) is 0.309. The number of phenols is 1. The van der Waals surface area contributed by atoms with Crippen molar-refractivity contribution in [2.45, 2.75) is 70.9 Å². The first-order valence-corrected chi connectivity index (χ1v) is 13.7. The summed E-state index contributed by atoms with van der Waals surface area (Å²) in [6.07, 6.45) is -4.31. The summed E-state index contributed by atoms with van der Waals surface area (Å²) in [5, 5.41) is 28.2. The van der Waals surface area contributed by atoms with Crippen LogP contribution in [0.1, 0.15) is 50.0 Å². The third-order valence-electron chi connectivity index (χ3n) is 7.64. The summed E-state index contributed by atoms with van der Waals surface area (Å²) in [6.45, 7) is 5.69. The van der Waals surface area contributed by atoms with Crippen LogP contribution in [-0.2, 0) is 25.5 Å². The Balaban J connectivity index is 2.11. The number of aliphatic hydroxyl groups excluding tert-OH is 1. The molecule has 1 aliphatic rings. The van der Waals surface area contributed by atoms with Gasteiger partial charge in [-0.3, -0.25) is 14.4 Å². The monoisotopic (exact) mass is 629 g/mol. The number of benzene rings is 2. The van der Waals surface area contributed by atoms with Crippen molar-refractivity contribution in [3.05, 3.63) is 64.5 Å². The number of halogens is 5. The van der Waals surface area contributed by atoms with Crippen molar-refractivity contribution < 1.29 is 56.1 Å². The van der Waals surface area contributed by atoms with Gasteiger partial charge in [0.2, 0.25) is 17.6 Å². The number of ether oxygens (including phenoxy) is 1. The van der Waals surface area contributed by atoms with Crippen molar-refractivity contribution in [3.63, 3.8) is 0 Å². The first-order valence-electron chi connectivity index (χ1n) is 13.7. The zero-order valence-electron chi connectivity index (χ0n) is 24.1. The number of hydrogen-bond acceptors (Lipinski definition) is 7. The molecule has 10 nitrogen and oxygen atoms in total. The average molecular weight is 630 g/mol. The number of rotatable bonds is 6. The fraction of sp³-hybridized carbons (Fsp3) is 0.448. The molecule has 7 atom stereocenters. The Hall–Kier alpha value is -4.27. The molecular formula is C29H32F5N3O7. The molecule has 3 rings (SSSR count). The minimum atomic E-state index is -2.42. The molecule has 0 saturated carbocycles. The van der Waals surface area contributed by atoms with E-state index in [1.54, 1.807) is 13.8 Å². The number of hydrogen-bond donors (Lipinski definition) is 5. The van der Waals surface area contributed by atoms with E-state index in [1.807, 2.05) is 0 Å². The fourth-order valence-corrected chi connectivity index (χ4v) is 4.64. The van der Waals surface area contributed by atoms with Crippen LogP contribution < -0.4 is 16.0 Å². The lowest BCUT2D eigenvalue weighted by Gasteiger charge is -2.34. The Morgan fingerprint density at radius 1 is 0.955 bits per heavy atom. The second kappa shape index (κ2) is 14.0. The van der Waals surface area contributed by atoms with E-state index in [0.717, 1.165) is 6.92 Å². The molecule has 0 aromatic heterocycles. The molecule has 1 fully saturated rings. The van der Waals surface area contributed by atoms with Gasteiger partial charge in [-0.25, -0.2) is 26.7 Å². The van der Waals surface area contributed by atoms with Crippen LogP contribution in [0.15, 0.2) is 24.3 Å². The van der Waals surface area contributed by atoms with Gasteiger partial charge in [-0.1, -0.05) is 39.3 Å². The number of esters is 1. The van der Waals surface area contributed by atoms with Crippen LogP contribution in [0.3, 0.4) is 0 Å². The number of carbonyl (C=O) groups excluding carboxylic acids is 4. The molecule has 1 heterocycles. The topological polar surface area (TPSA) is 154 Å². The zero-order chi connectivity index (χ0) is 33.0. The van der Waals surface area contributed by atoms with E-state index >= 15 is 0 Å². The first-order chi connectivity index (χ1) is 20.6. The average Bonchev–Trinajstić information content (AvgIpc) is 2.99. The molecule has 2 unspecified atom stereocenters. The van der Waals surface area contributed by atoms with E-state index in [-0.39, 0.29) is 5.56 Å². The molecule has 44 heavy (non-hydrogen) atoms. The number of carbonyl (C=O) groups is 4. The highest BCUT2D eigenvalue weighted by atomic mass is 19.2. The number of cyclic esters (lactones) is 1. The summed E-state index contributed by atoms with van der Waals surface area (Å²) in [7, 11) is 0. The van der Waals surface area contributed by atoms with Gasteiger partial charge in [0, 0.05) is 12.0 Å². The molecule has 1 saturated heterocycles. The van der Waals surface area contributed by atoms with Crippen molar-refractivity contribution in [3.8, 4) is 5.75 Å². The van der Waals surface area contributed by atoms with Crippen molar-refractivity contribution in [2.24, 2.45) is 11.8 Å². The molecule has 0 spiro atoms. The number of aromatic hydroxyl groups is 1. The summed E-state index contributed by atoms with van der Waals surface area (Å²) < 4.78 is 76.3. The van der Waals surface area contributed by atoms with Crippen LogP contribution in [0.2, 0.25) is 0 Å². The number of para-hydroxylation sites is 1. The molecule has 3 amide bonds. The van der Waals surface area contributed by atoms with Gasteiger partial charge in [0.1, 0.15) is 23.9 Å². The Labute approximate surface area is 249 Å². The molecule has 0 aliphatic carbocycles. The fourth-order valence-electron chi connectivity index (χ4n) is 4.64. The lowest BCUT2D eigenvalue weighted by Crippen LogP contribution is -2.61. The molecular weight excluding hydrogens is 597 g/mol. The number of phenolic OH excluding ortho intramolecular Hbond substituents is 1. The quantitative estimate of drug-likeness (QED) is 0.142. The van der Waals surface area contributed by atoms with Gasteiger partial charge in [0.15, 0.2) is 23.3 Å². The standard InChI is InChI=1S/C29H32F5N3O7/c1-5-11(2)23-29(43)44-13(4)24(37-27(41)14-8-6-7-9-17(14)38)28(42)35-16(25(39)12(3)26(40)36-23)10-15-18(30)20(32)22(34)21(33)19(15)31/h6-9,11-13,16,23-25,38-39H,5,10H2,1-4H3,(H,35,42)(H,36,40)(H,37,41)/t11?,12-,13-,16+,23?,24+,25+/m1/s1. The van der Waals surface area contributed by atoms with Crippen LogP contribution in [0.25, 0.3) is 0 Å². The molecule has 240 valence electrons. The van der Waals surface area contributed by atoms with Crippen molar-refractivity contribution >= 4 is 23.7 Å². The highest BCUT2D eigenvalue weighted by Gasteiger charge is 2.41. The van der Waals surface area contributed by atoms with Gasteiger partial charge in [-0.05, 0) is 25.0 Å². The second-order valence-corrected chi connectivity index (χ2v) is 10.6. The second-order valence-electron chi connectivity index (χ2n) is 10.6. The summed E-state index contributed by atoms with van der Waals surface area (Å²) in [5.41, 5.74) is -1.65. The molecule has 15 heteroatoms. The van der Waals surface area contributed by atoms with E-state index in [4.69, 9.17) is 4.74 Å². The van der Waals surface area contributed by atoms with E-state index in [0.29, 0.717) is 6.42 Å². The normalized spacial score (nSPS) is 25.5. The van der Waals surface area contributed by atoms with Crippen molar-refractivity contribution in [1.29, 1.82) is 0 Å². The maximum Gasteiger partial charge on any atom is 0.329 e. The van der Waals surface area contributed by atoms with Crippen LogP contribution in [0.5, 0.6) is 5.75 Å². The molecule has 5 N–H and O–H groups in total. The number of amides is 3.